The molecule has 4 aromatic rings. The standard InChI is InChI=1S/C27H31N7O3S2/c1-18(25-31-20(16-39-25)15-37-27(35)32-26-28-6-12-38-26)19-3-2-7-34(14-19)24-22-5-4-21(13-23(22)29-17-30-24)33-8-10-36-11-9-33/h4-6,12-13,16-19H,2-3,7-11,14-15H2,1H3,(H,28,32,35). The Morgan fingerprint density at radius 3 is 2.92 bits per heavy atom. The molecule has 1 aromatic carbocycles. The minimum Gasteiger partial charge on any atom is -0.443 e. The summed E-state index contributed by atoms with van der Waals surface area (Å²) in [4.78, 5) is 34.9. The number of benzene rings is 1. The molecule has 5 heterocycles. The number of aromatic nitrogens is 4. The number of nitrogens with one attached hydrogen (secondary N) is 1. The molecular formula is C27H31N7O3S2. The largest absolute Gasteiger partial charge is 0.443 e. The number of amides is 1. The maximum absolute atomic E-state index is 12.0. The van der Waals surface area contributed by atoms with E-state index in [9.17, 15) is 4.79 Å². The number of morpholine rings is 1. The highest BCUT2D eigenvalue weighted by Crippen LogP contribution is 2.36. The SMILES string of the molecule is CC(c1nc(COC(=O)Nc2nccs2)cs1)C1CCCN(c2ncnc3cc(N4CCOCC4)ccc23)C1. The zero-order valence-corrected chi connectivity index (χ0v) is 23.4. The molecule has 0 saturated carbocycles. The maximum atomic E-state index is 12.0. The van der Waals surface area contributed by atoms with Crippen LogP contribution in [0.2, 0.25) is 0 Å². The van der Waals surface area contributed by atoms with Crippen LogP contribution in [-0.2, 0) is 16.1 Å². The molecule has 0 spiro atoms. The molecule has 2 aliphatic heterocycles. The van der Waals surface area contributed by atoms with Gasteiger partial charge >= 0.3 is 6.09 Å². The van der Waals surface area contributed by atoms with Crippen molar-refractivity contribution in [1.82, 2.24) is 19.9 Å². The molecule has 39 heavy (non-hydrogen) atoms. The molecule has 3 aromatic heterocycles. The van der Waals surface area contributed by atoms with Crippen molar-refractivity contribution in [2.24, 2.45) is 5.92 Å². The topological polar surface area (TPSA) is 106 Å². The number of anilines is 3. The maximum Gasteiger partial charge on any atom is 0.413 e. The summed E-state index contributed by atoms with van der Waals surface area (Å²) >= 11 is 2.98. The van der Waals surface area contributed by atoms with Gasteiger partial charge in [-0.05, 0) is 37.0 Å². The molecule has 2 aliphatic rings. The van der Waals surface area contributed by atoms with Crippen LogP contribution in [0.5, 0.6) is 0 Å². The van der Waals surface area contributed by atoms with Crippen molar-refractivity contribution >= 4 is 56.3 Å². The average molecular weight is 566 g/mol. The normalized spacial score (nSPS) is 18.7. The molecular weight excluding hydrogens is 534 g/mol. The van der Waals surface area contributed by atoms with Crippen molar-refractivity contribution in [3.63, 3.8) is 0 Å². The molecule has 2 fully saturated rings. The number of rotatable bonds is 7. The van der Waals surface area contributed by atoms with Gasteiger partial charge in [0.2, 0.25) is 0 Å². The van der Waals surface area contributed by atoms with Gasteiger partial charge in [0.15, 0.2) is 5.13 Å². The number of nitrogens with zero attached hydrogens (tertiary/aromatic N) is 6. The summed E-state index contributed by atoms with van der Waals surface area (Å²) in [6.45, 7) is 7.61. The van der Waals surface area contributed by atoms with E-state index in [1.54, 1.807) is 29.2 Å². The second kappa shape index (κ2) is 11.8. The van der Waals surface area contributed by atoms with Crippen LogP contribution < -0.4 is 15.1 Å². The average Bonchev–Trinajstić information content (AvgIpc) is 3.68. The fourth-order valence-corrected chi connectivity index (χ4v) is 6.73. The zero-order chi connectivity index (χ0) is 26.6. The molecule has 12 heteroatoms. The van der Waals surface area contributed by atoms with E-state index in [1.165, 1.54) is 17.0 Å². The van der Waals surface area contributed by atoms with E-state index in [4.69, 9.17) is 19.4 Å². The first-order valence-electron chi connectivity index (χ1n) is 13.2. The second-order valence-electron chi connectivity index (χ2n) is 9.85. The summed E-state index contributed by atoms with van der Waals surface area (Å²) in [6.07, 6.45) is 5.04. The van der Waals surface area contributed by atoms with Crippen molar-refractivity contribution in [3.05, 3.63) is 52.2 Å². The fourth-order valence-electron chi connectivity index (χ4n) is 5.26. The van der Waals surface area contributed by atoms with Gasteiger partial charge in [0.05, 0.1) is 29.4 Å². The number of thiazole rings is 2. The third kappa shape index (κ3) is 5.97. The number of carbonyl (C=O) groups is 1. The van der Waals surface area contributed by atoms with Gasteiger partial charge in [-0.3, -0.25) is 5.32 Å². The number of ether oxygens (including phenoxy) is 2. The van der Waals surface area contributed by atoms with Gasteiger partial charge in [0, 0.05) is 60.1 Å². The van der Waals surface area contributed by atoms with Gasteiger partial charge in [-0.2, -0.15) is 0 Å². The van der Waals surface area contributed by atoms with Crippen molar-refractivity contribution in [2.45, 2.75) is 32.3 Å². The van der Waals surface area contributed by atoms with Gasteiger partial charge in [-0.15, -0.1) is 22.7 Å². The van der Waals surface area contributed by atoms with E-state index in [0.717, 1.165) is 79.7 Å². The molecule has 6 rings (SSSR count). The second-order valence-corrected chi connectivity index (χ2v) is 11.6. The molecule has 1 amide bonds. The Morgan fingerprint density at radius 1 is 1.18 bits per heavy atom. The lowest BCUT2D eigenvalue weighted by molar-refractivity contribution is 0.122. The Balaban J connectivity index is 1.10. The van der Waals surface area contributed by atoms with Crippen molar-refractivity contribution in [2.75, 3.05) is 54.5 Å². The van der Waals surface area contributed by atoms with E-state index in [1.807, 2.05) is 5.38 Å². The molecule has 2 saturated heterocycles. The predicted octanol–water partition coefficient (Wildman–Crippen LogP) is 5.15. The van der Waals surface area contributed by atoms with E-state index in [-0.39, 0.29) is 12.5 Å². The molecule has 0 bridgehead atoms. The molecule has 2 unspecified atom stereocenters. The number of carbonyl (C=O) groups excluding carboxylic acids is 1. The number of hydrogen-bond donors (Lipinski definition) is 1. The van der Waals surface area contributed by atoms with Gasteiger partial charge in [-0.25, -0.2) is 24.7 Å². The summed E-state index contributed by atoms with van der Waals surface area (Å²) < 4.78 is 10.8. The molecule has 204 valence electrons. The first-order chi connectivity index (χ1) is 19.1. The Labute approximate surface area is 235 Å². The van der Waals surface area contributed by atoms with Crippen LogP contribution in [0, 0.1) is 5.92 Å². The molecule has 2 atom stereocenters. The minimum absolute atomic E-state index is 0.136. The highest BCUT2D eigenvalue weighted by molar-refractivity contribution is 7.13. The van der Waals surface area contributed by atoms with E-state index >= 15 is 0 Å². The first kappa shape index (κ1) is 25.9. The van der Waals surface area contributed by atoms with Crippen LogP contribution in [0.25, 0.3) is 10.9 Å². The van der Waals surface area contributed by atoms with Crippen LogP contribution in [0.15, 0.2) is 41.5 Å². The van der Waals surface area contributed by atoms with Crippen LogP contribution >= 0.6 is 22.7 Å². The summed E-state index contributed by atoms with van der Waals surface area (Å²) in [5.41, 5.74) is 2.93. The highest BCUT2D eigenvalue weighted by atomic mass is 32.1. The van der Waals surface area contributed by atoms with Gasteiger partial charge in [0.1, 0.15) is 18.8 Å². The lowest BCUT2D eigenvalue weighted by Gasteiger charge is -2.36. The minimum atomic E-state index is -0.524. The number of piperidine rings is 1. The fraction of sp³-hybridized carbons (Fsp3) is 0.444. The van der Waals surface area contributed by atoms with Crippen molar-refractivity contribution in [1.29, 1.82) is 0 Å². The third-order valence-electron chi connectivity index (χ3n) is 7.39. The highest BCUT2D eigenvalue weighted by Gasteiger charge is 2.29. The number of fused-ring (bicyclic) bond motifs is 1. The van der Waals surface area contributed by atoms with E-state index in [0.29, 0.717) is 11.0 Å². The quantitative estimate of drug-likeness (QED) is 0.326. The summed E-state index contributed by atoms with van der Waals surface area (Å²) in [5.74, 6) is 1.74. The third-order valence-corrected chi connectivity index (χ3v) is 9.17. The Morgan fingerprint density at radius 2 is 2.08 bits per heavy atom. The smallest absolute Gasteiger partial charge is 0.413 e. The lowest BCUT2D eigenvalue weighted by atomic mass is 9.87. The Hall–Kier alpha value is -3.35. The van der Waals surface area contributed by atoms with Crippen molar-refractivity contribution < 1.29 is 14.3 Å². The van der Waals surface area contributed by atoms with Crippen LogP contribution in [0.1, 0.15) is 36.4 Å². The Bertz CT molecular complexity index is 1410. The molecule has 0 radical (unpaired) electrons. The molecule has 0 aliphatic carbocycles. The lowest BCUT2D eigenvalue weighted by Crippen LogP contribution is -2.38. The summed E-state index contributed by atoms with van der Waals surface area (Å²) in [6, 6.07) is 6.52. The molecule has 1 N–H and O–H groups in total. The van der Waals surface area contributed by atoms with Crippen molar-refractivity contribution in [3.8, 4) is 0 Å². The van der Waals surface area contributed by atoms with Gasteiger partial charge in [-0.1, -0.05) is 6.92 Å². The predicted molar refractivity (Wildman–Crippen MR) is 154 cm³/mol. The van der Waals surface area contributed by atoms with Crippen LogP contribution in [0.4, 0.5) is 21.4 Å². The Kier molecular flexibility index (Phi) is 7.84. The number of hydrogen-bond acceptors (Lipinski definition) is 11. The summed E-state index contributed by atoms with van der Waals surface area (Å²) in [7, 11) is 0. The van der Waals surface area contributed by atoms with Gasteiger partial charge in [0.25, 0.3) is 0 Å². The van der Waals surface area contributed by atoms with E-state index < -0.39 is 6.09 Å². The summed E-state index contributed by atoms with van der Waals surface area (Å²) in [5, 5.41) is 9.08. The molecule has 10 nitrogen and oxygen atoms in total. The zero-order valence-electron chi connectivity index (χ0n) is 21.8. The first-order valence-corrected chi connectivity index (χ1v) is 15.0. The van der Waals surface area contributed by atoms with Gasteiger partial charge < -0.3 is 19.3 Å². The monoisotopic (exact) mass is 565 g/mol. The van der Waals surface area contributed by atoms with Crippen LogP contribution in [-0.4, -0.2) is 65.4 Å². The van der Waals surface area contributed by atoms with E-state index in [2.05, 4.69) is 50.2 Å². The van der Waals surface area contributed by atoms with Crippen LogP contribution in [0.3, 0.4) is 0 Å².